The molecule has 0 saturated carbocycles. The van der Waals surface area contributed by atoms with E-state index in [0.29, 0.717) is 0 Å². The lowest BCUT2D eigenvalue weighted by atomic mass is 10.0. The van der Waals surface area contributed by atoms with Crippen LogP contribution in [0.4, 0.5) is 5.69 Å². The zero-order valence-corrected chi connectivity index (χ0v) is 11.1. The second kappa shape index (κ2) is 4.49. The first-order valence-corrected chi connectivity index (χ1v) is 5.71. The molecule has 3 nitrogen and oxygen atoms in total. The SMILES string of the molecule is Cc1cc(NC(C)C(C)(C)O)cnc1Br. The van der Waals surface area contributed by atoms with Crippen molar-refractivity contribution in [3.63, 3.8) is 0 Å². The largest absolute Gasteiger partial charge is 0.388 e. The van der Waals surface area contributed by atoms with E-state index < -0.39 is 5.60 Å². The first-order chi connectivity index (χ1) is 6.80. The third kappa shape index (κ3) is 3.47. The minimum absolute atomic E-state index is 0.0279. The summed E-state index contributed by atoms with van der Waals surface area (Å²) in [5.41, 5.74) is 1.24. The summed E-state index contributed by atoms with van der Waals surface area (Å²) >= 11 is 3.35. The van der Waals surface area contributed by atoms with Gasteiger partial charge in [-0.2, -0.15) is 0 Å². The molecule has 4 heteroatoms. The molecule has 0 aromatic carbocycles. The summed E-state index contributed by atoms with van der Waals surface area (Å²) in [4.78, 5) is 4.19. The standard InChI is InChI=1S/C11H17BrN2O/c1-7-5-9(6-13-10(7)12)14-8(2)11(3,4)15/h5-6,8,14-15H,1-4H3. The summed E-state index contributed by atoms with van der Waals surface area (Å²) < 4.78 is 0.851. The van der Waals surface area contributed by atoms with E-state index in [-0.39, 0.29) is 6.04 Å². The van der Waals surface area contributed by atoms with Crippen LogP contribution in [0.1, 0.15) is 26.3 Å². The number of pyridine rings is 1. The maximum atomic E-state index is 9.78. The Balaban J connectivity index is 2.78. The highest BCUT2D eigenvalue weighted by Gasteiger charge is 2.21. The number of anilines is 1. The molecule has 0 aliphatic heterocycles. The van der Waals surface area contributed by atoms with Gasteiger partial charge in [0.2, 0.25) is 0 Å². The van der Waals surface area contributed by atoms with Gasteiger partial charge in [-0.25, -0.2) is 4.98 Å². The Morgan fingerprint density at radius 1 is 1.53 bits per heavy atom. The summed E-state index contributed by atoms with van der Waals surface area (Å²) in [6.45, 7) is 7.49. The number of aromatic nitrogens is 1. The normalized spacial score (nSPS) is 13.7. The molecular formula is C11H17BrN2O. The predicted octanol–water partition coefficient (Wildman–Crippen LogP) is 2.72. The molecule has 0 bridgehead atoms. The van der Waals surface area contributed by atoms with E-state index in [0.717, 1.165) is 15.9 Å². The van der Waals surface area contributed by atoms with Crippen molar-refractivity contribution in [1.29, 1.82) is 0 Å². The highest BCUT2D eigenvalue weighted by molar-refractivity contribution is 9.10. The summed E-state index contributed by atoms with van der Waals surface area (Å²) in [6.07, 6.45) is 1.75. The Bertz CT molecular complexity index is 347. The van der Waals surface area contributed by atoms with Gasteiger partial charge in [-0.3, -0.25) is 0 Å². The van der Waals surface area contributed by atoms with Crippen LogP contribution in [0.25, 0.3) is 0 Å². The molecule has 1 heterocycles. The van der Waals surface area contributed by atoms with Crippen molar-refractivity contribution in [1.82, 2.24) is 4.98 Å². The Hall–Kier alpha value is -0.610. The zero-order valence-electron chi connectivity index (χ0n) is 9.50. The van der Waals surface area contributed by atoms with Crippen LogP contribution in [0, 0.1) is 6.92 Å². The number of hydrogen-bond donors (Lipinski definition) is 2. The van der Waals surface area contributed by atoms with E-state index in [9.17, 15) is 5.11 Å². The van der Waals surface area contributed by atoms with Gasteiger partial charge in [-0.05, 0) is 55.3 Å². The minimum Gasteiger partial charge on any atom is -0.388 e. The van der Waals surface area contributed by atoms with Gasteiger partial charge in [0.25, 0.3) is 0 Å². The third-order valence-corrected chi connectivity index (χ3v) is 3.29. The Kier molecular flexibility index (Phi) is 3.73. The van der Waals surface area contributed by atoms with Gasteiger partial charge >= 0.3 is 0 Å². The predicted molar refractivity (Wildman–Crippen MR) is 66.1 cm³/mol. The van der Waals surface area contributed by atoms with E-state index in [4.69, 9.17) is 0 Å². The molecule has 2 N–H and O–H groups in total. The van der Waals surface area contributed by atoms with Crippen LogP contribution in [0.2, 0.25) is 0 Å². The number of nitrogens with one attached hydrogen (secondary N) is 1. The maximum Gasteiger partial charge on any atom is 0.109 e. The Labute approximate surface area is 99.1 Å². The Morgan fingerprint density at radius 2 is 2.13 bits per heavy atom. The number of nitrogens with zero attached hydrogens (tertiary/aromatic N) is 1. The number of aryl methyl sites for hydroxylation is 1. The van der Waals surface area contributed by atoms with E-state index in [1.165, 1.54) is 0 Å². The van der Waals surface area contributed by atoms with Gasteiger partial charge in [0.05, 0.1) is 23.5 Å². The van der Waals surface area contributed by atoms with Crippen molar-refractivity contribution < 1.29 is 5.11 Å². The highest BCUT2D eigenvalue weighted by atomic mass is 79.9. The fourth-order valence-electron chi connectivity index (χ4n) is 1.06. The number of halogens is 1. The highest BCUT2D eigenvalue weighted by Crippen LogP contribution is 2.19. The fourth-order valence-corrected chi connectivity index (χ4v) is 1.28. The molecular weight excluding hydrogens is 256 g/mol. The average Bonchev–Trinajstić information content (AvgIpc) is 2.10. The number of aliphatic hydroxyl groups is 1. The molecule has 1 rings (SSSR count). The molecule has 1 aromatic heterocycles. The van der Waals surface area contributed by atoms with Crippen LogP contribution < -0.4 is 5.32 Å². The fraction of sp³-hybridized carbons (Fsp3) is 0.545. The molecule has 15 heavy (non-hydrogen) atoms. The van der Waals surface area contributed by atoms with Crippen LogP contribution in [0.5, 0.6) is 0 Å². The molecule has 0 radical (unpaired) electrons. The molecule has 0 spiro atoms. The van der Waals surface area contributed by atoms with Gasteiger partial charge in [0, 0.05) is 0 Å². The molecule has 0 fully saturated rings. The minimum atomic E-state index is -0.749. The van der Waals surface area contributed by atoms with Gasteiger partial charge in [0.15, 0.2) is 0 Å². The lowest BCUT2D eigenvalue weighted by molar-refractivity contribution is 0.0649. The van der Waals surface area contributed by atoms with Crippen LogP contribution in [-0.4, -0.2) is 21.7 Å². The van der Waals surface area contributed by atoms with Crippen molar-refractivity contribution in [3.05, 3.63) is 22.4 Å². The zero-order chi connectivity index (χ0) is 11.6. The van der Waals surface area contributed by atoms with Crippen molar-refractivity contribution in [2.75, 3.05) is 5.32 Å². The monoisotopic (exact) mass is 272 g/mol. The van der Waals surface area contributed by atoms with E-state index in [2.05, 4.69) is 26.2 Å². The lowest BCUT2D eigenvalue weighted by Gasteiger charge is -2.27. The van der Waals surface area contributed by atoms with Crippen molar-refractivity contribution in [2.24, 2.45) is 0 Å². The van der Waals surface area contributed by atoms with Crippen molar-refractivity contribution in [2.45, 2.75) is 39.3 Å². The van der Waals surface area contributed by atoms with Gasteiger partial charge in [-0.1, -0.05) is 0 Å². The molecule has 1 atom stereocenters. The second-order valence-electron chi connectivity index (χ2n) is 4.35. The Morgan fingerprint density at radius 3 is 2.60 bits per heavy atom. The lowest BCUT2D eigenvalue weighted by Crippen LogP contribution is -2.39. The smallest absolute Gasteiger partial charge is 0.109 e. The van der Waals surface area contributed by atoms with Crippen LogP contribution in [-0.2, 0) is 0 Å². The molecule has 1 aromatic rings. The second-order valence-corrected chi connectivity index (χ2v) is 5.10. The molecule has 0 saturated heterocycles. The van der Waals surface area contributed by atoms with Gasteiger partial charge in [0.1, 0.15) is 4.60 Å². The van der Waals surface area contributed by atoms with Crippen molar-refractivity contribution in [3.8, 4) is 0 Å². The van der Waals surface area contributed by atoms with E-state index in [1.54, 1.807) is 20.0 Å². The first-order valence-electron chi connectivity index (χ1n) is 4.92. The average molecular weight is 273 g/mol. The molecule has 1 unspecified atom stereocenters. The maximum absolute atomic E-state index is 9.78. The summed E-state index contributed by atoms with van der Waals surface area (Å²) in [5.74, 6) is 0. The van der Waals surface area contributed by atoms with Gasteiger partial charge < -0.3 is 10.4 Å². The summed E-state index contributed by atoms with van der Waals surface area (Å²) in [6, 6.07) is 1.97. The van der Waals surface area contributed by atoms with Crippen molar-refractivity contribution >= 4 is 21.6 Å². The number of hydrogen-bond acceptors (Lipinski definition) is 3. The molecule has 0 aliphatic rings. The van der Waals surface area contributed by atoms with Crippen LogP contribution >= 0.6 is 15.9 Å². The van der Waals surface area contributed by atoms with Crippen LogP contribution in [0.15, 0.2) is 16.9 Å². The van der Waals surface area contributed by atoms with Gasteiger partial charge in [-0.15, -0.1) is 0 Å². The summed E-state index contributed by atoms with van der Waals surface area (Å²) in [5, 5.41) is 13.0. The third-order valence-electron chi connectivity index (χ3n) is 2.46. The summed E-state index contributed by atoms with van der Waals surface area (Å²) in [7, 11) is 0. The quantitative estimate of drug-likeness (QED) is 0.832. The number of rotatable bonds is 3. The molecule has 0 aliphatic carbocycles. The first kappa shape index (κ1) is 12.5. The molecule has 84 valence electrons. The topological polar surface area (TPSA) is 45.1 Å². The van der Waals surface area contributed by atoms with Crippen LogP contribution in [0.3, 0.4) is 0 Å². The molecule has 0 amide bonds. The van der Waals surface area contributed by atoms with E-state index in [1.807, 2.05) is 19.9 Å². The van der Waals surface area contributed by atoms with E-state index >= 15 is 0 Å².